The van der Waals surface area contributed by atoms with E-state index in [9.17, 15) is 9.59 Å². The quantitative estimate of drug-likeness (QED) is 0.841. The zero-order chi connectivity index (χ0) is 16.9. The highest BCUT2D eigenvalue weighted by Gasteiger charge is 2.29. The average Bonchev–Trinajstić information content (AvgIpc) is 3.24. The van der Waals surface area contributed by atoms with Gasteiger partial charge in [0.2, 0.25) is 11.8 Å². The maximum atomic E-state index is 12.2. The number of amides is 2. The summed E-state index contributed by atoms with van der Waals surface area (Å²) in [5, 5.41) is 7.11. The molecule has 0 aliphatic carbocycles. The Bertz CT molecular complexity index is 695. The predicted octanol–water partition coefficient (Wildman–Crippen LogP) is 0.712. The smallest absolute Gasteiger partial charge is 0.248 e. The number of hydrogen-bond acceptors (Lipinski definition) is 5. The Morgan fingerprint density at radius 1 is 1.46 bits per heavy atom. The minimum Gasteiger partial charge on any atom is -0.467 e. The highest BCUT2D eigenvalue weighted by molar-refractivity contribution is 5.78. The Kier molecular flexibility index (Phi) is 4.95. The van der Waals surface area contributed by atoms with Crippen molar-refractivity contribution < 1.29 is 18.7 Å². The van der Waals surface area contributed by atoms with Crippen LogP contribution in [0.3, 0.4) is 0 Å². The largest absolute Gasteiger partial charge is 0.467 e. The summed E-state index contributed by atoms with van der Waals surface area (Å²) in [4.78, 5) is 26.0. The normalized spacial score (nSPS) is 16.7. The molecule has 3 rings (SSSR count). The average molecular weight is 332 g/mol. The minimum atomic E-state index is -0.193. The maximum Gasteiger partial charge on any atom is 0.248 e. The highest BCUT2D eigenvalue weighted by atomic mass is 16.5. The Hall–Kier alpha value is -2.61. The van der Waals surface area contributed by atoms with Crippen LogP contribution < -0.4 is 5.32 Å². The molecule has 1 aliphatic rings. The van der Waals surface area contributed by atoms with E-state index in [0.717, 1.165) is 5.69 Å². The molecule has 1 N–H and O–H groups in total. The molecule has 0 unspecified atom stereocenters. The van der Waals surface area contributed by atoms with Gasteiger partial charge in [0, 0.05) is 19.9 Å². The first-order valence-corrected chi connectivity index (χ1v) is 7.75. The van der Waals surface area contributed by atoms with Crippen molar-refractivity contribution in [2.45, 2.75) is 25.6 Å². The first-order valence-electron chi connectivity index (χ1n) is 7.75. The molecule has 2 amide bonds. The van der Waals surface area contributed by atoms with Gasteiger partial charge in [-0.05, 0) is 18.2 Å². The molecule has 1 aliphatic heterocycles. The van der Waals surface area contributed by atoms with Crippen LogP contribution in [0.25, 0.3) is 0 Å². The van der Waals surface area contributed by atoms with Crippen LogP contribution in [0.2, 0.25) is 0 Å². The fourth-order valence-electron chi connectivity index (χ4n) is 2.83. The van der Waals surface area contributed by atoms with Crippen LogP contribution in [-0.2, 0) is 27.4 Å². The van der Waals surface area contributed by atoms with Crippen LogP contribution in [-0.4, -0.2) is 46.8 Å². The molecule has 0 saturated carbocycles. The number of aromatic nitrogens is 2. The number of methoxy groups -OCH3 is 1. The molecule has 0 aromatic carbocycles. The second kappa shape index (κ2) is 7.31. The van der Waals surface area contributed by atoms with Crippen molar-refractivity contribution in [3.05, 3.63) is 42.1 Å². The van der Waals surface area contributed by atoms with E-state index in [1.807, 2.05) is 10.7 Å². The van der Waals surface area contributed by atoms with Gasteiger partial charge in [-0.2, -0.15) is 5.10 Å². The van der Waals surface area contributed by atoms with E-state index in [1.54, 1.807) is 29.5 Å². The summed E-state index contributed by atoms with van der Waals surface area (Å²) in [5.74, 6) is 0.494. The number of rotatable bonds is 6. The summed E-state index contributed by atoms with van der Waals surface area (Å²) in [6.07, 6.45) is 3.50. The zero-order valence-electron chi connectivity index (χ0n) is 13.5. The van der Waals surface area contributed by atoms with E-state index >= 15 is 0 Å². The lowest BCUT2D eigenvalue weighted by Gasteiger charge is -2.33. The van der Waals surface area contributed by atoms with Gasteiger partial charge in [0.05, 0.1) is 37.5 Å². The van der Waals surface area contributed by atoms with Crippen LogP contribution in [0.5, 0.6) is 0 Å². The number of carbonyl (C=O) groups is 2. The van der Waals surface area contributed by atoms with Crippen molar-refractivity contribution in [3.63, 3.8) is 0 Å². The summed E-state index contributed by atoms with van der Waals surface area (Å²) in [6.45, 7) is 1.29. The van der Waals surface area contributed by atoms with Crippen molar-refractivity contribution in [1.29, 1.82) is 0 Å². The summed E-state index contributed by atoms with van der Waals surface area (Å²) in [7, 11) is 1.49. The Morgan fingerprint density at radius 3 is 3.08 bits per heavy atom. The lowest BCUT2D eigenvalue weighted by Crippen LogP contribution is -2.44. The number of nitrogens with one attached hydrogen (secondary N) is 1. The summed E-state index contributed by atoms with van der Waals surface area (Å²) in [5.41, 5.74) is 0.912. The van der Waals surface area contributed by atoms with Crippen LogP contribution in [0.15, 0.2) is 35.1 Å². The Balaban J connectivity index is 1.63. The number of nitrogens with zero attached hydrogens (tertiary/aromatic N) is 3. The van der Waals surface area contributed by atoms with Crippen molar-refractivity contribution in [2.75, 3.05) is 20.3 Å². The van der Waals surface area contributed by atoms with Crippen molar-refractivity contribution in [2.24, 2.45) is 0 Å². The number of carbonyl (C=O) groups excluding carboxylic acids is 2. The molecular formula is C16H20N4O4. The molecule has 8 nitrogen and oxygen atoms in total. The molecule has 0 fully saturated rings. The van der Waals surface area contributed by atoms with Gasteiger partial charge in [-0.1, -0.05) is 0 Å². The van der Waals surface area contributed by atoms with Crippen LogP contribution in [0.1, 0.15) is 23.9 Å². The first-order chi connectivity index (χ1) is 11.7. The predicted molar refractivity (Wildman–Crippen MR) is 83.7 cm³/mol. The van der Waals surface area contributed by atoms with E-state index in [1.165, 1.54) is 7.11 Å². The summed E-state index contributed by atoms with van der Waals surface area (Å²) >= 11 is 0. The number of hydrogen-bond donors (Lipinski definition) is 1. The molecule has 8 heteroatoms. The van der Waals surface area contributed by atoms with E-state index in [4.69, 9.17) is 9.15 Å². The standard InChI is InChI=1S/C16H20N4O4/c1-23-11-16(22)19-9-12-4-5-18-20(12)13(10-19)7-15(21)17-8-14-3-2-6-24-14/h2-6,13H,7-11H2,1H3,(H,17,21)/t13-/m0/s1. The van der Waals surface area contributed by atoms with Gasteiger partial charge in [-0.15, -0.1) is 0 Å². The van der Waals surface area contributed by atoms with Gasteiger partial charge < -0.3 is 19.4 Å². The van der Waals surface area contributed by atoms with Gasteiger partial charge in [0.1, 0.15) is 12.4 Å². The number of ether oxygens (including phenoxy) is 1. The molecule has 128 valence electrons. The SMILES string of the molecule is COCC(=O)N1Cc2ccnn2[C@@H](CC(=O)NCc2ccco2)C1. The van der Waals surface area contributed by atoms with Crippen LogP contribution in [0, 0.1) is 0 Å². The third kappa shape index (κ3) is 3.65. The molecule has 3 heterocycles. The van der Waals surface area contributed by atoms with E-state index in [-0.39, 0.29) is 30.9 Å². The Labute approximate surface area is 139 Å². The third-order valence-electron chi connectivity index (χ3n) is 3.96. The van der Waals surface area contributed by atoms with Gasteiger partial charge in [0.15, 0.2) is 0 Å². The van der Waals surface area contributed by atoms with E-state index in [2.05, 4.69) is 10.4 Å². The number of furan rings is 1. The molecular weight excluding hydrogens is 312 g/mol. The van der Waals surface area contributed by atoms with Crippen molar-refractivity contribution in [3.8, 4) is 0 Å². The van der Waals surface area contributed by atoms with Crippen LogP contribution in [0.4, 0.5) is 0 Å². The monoisotopic (exact) mass is 332 g/mol. The first kappa shape index (κ1) is 16.3. The van der Waals surface area contributed by atoms with Crippen molar-refractivity contribution in [1.82, 2.24) is 20.0 Å². The molecule has 2 aromatic heterocycles. The van der Waals surface area contributed by atoms with Gasteiger partial charge >= 0.3 is 0 Å². The van der Waals surface area contributed by atoms with Crippen molar-refractivity contribution >= 4 is 11.8 Å². The zero-order valence-corrected chi connectivity index (χ0v) is 13.5. The molecule has 1 atom stereocenters. The molecule has 0 spiro atoms. The van der Waals surface area contributed by atoms with Gasteiger partial charge in [-0.3, -0.25) is 14.3 Å². The molecule has 24 heavy (non-hydrogen) atoms. The molecule has 0 bridgehead atoms. The van der Waals surface area contributed by atoms with Crippen LogP contribution >= 0.6 is 0 Å². The molecule has 0 saturated heterocycles. The summed E-state index contributed by atoms with van der Waals surface area (Å²) in [6, 6.07) is 5.25. The second-order valence-corrected chi connectivity index (χ2v) is 5.69. The van der Waals surface area contributed by atoms with Gasteiger partial charge in [0.25, 0.3) is 0 Å². The lowest BCUT2D eigenvalue weighted by atomic mass is 10.1. The third-order valence-corrected chi connectivity index (χ3v) is 3.96. The topological polar surface area (TPSA) is 89.6 Å². The number of fused-ring (bicyclic) bond motifs is 1. The van der Waals surface area contributed by atoms with E-state index in [0.29, 0.717) is 25.4 Å². The summed E-state index contributed by atoms with van der Waals surface area (Å²) < 4.78 is 11.9. The lowest BCUT2D eigenvalue weighted by molar-refractivity contribution is -0.138. The Morgan fingerprint density at radius 2 is 2.33 bits per heavy atom. The highest BCUT2D eigenvalue weighted by Crippen LogP contribution is 2.23. The van der Waals surface area contributed by atoms with E-state index < -0.39 is 0 Å². The molecule has 0 radical (unpaired) electrons. The van der Waals surface area contributed by atoms with Gasteiger partial charge in [-0.25, -0.2) is 0 Å². The fraction of sp³-hybridized carbons (Fsp3) is 0.438. The minimum absolute atomic E-state index is 0.0333. The fourth-order valence-corrected chi connectivity index (χ4v) is 2.83. The maximum absolute atomic E-state index is 12.2. The molecule has 2 aromatic rings. The second-order valence-electron chi connectivity index (χ2n) is 5.69.